The van der Waals surface area contributed by atoms with Crippen molar-refractivity contribution >= 4 is 132 Å². The van der Waals surface area contributed by atoms with Crippen molar-refractivity contribution in [3.05, 3.63) is 0 Å². The normalized spacial score (nSPS) is 10.1. The predicted octanol–water partition coefficient (Wildman–Crippen LogP) is -1.91. The van der Waals surface area contributed by atoms with E-state index >= 15 is 0 Å². The second-order valence-corrected chi connectivity index (χ2v) is 28.1. The van der Waals surface area contributed by atoms with Gasteiger partial charge in [-0.3, -0.25) is 0 Å². The van der Waals surface area contributed by atoms with Crippen LogP contribution in [0, 0.1) is 0 Å². The molecular weight excluding hydrogens is 510 g/mol. The molecule has 0 rings (SSSR count). The molecule has 0 N–H and O–H groups in total. The summed E-state index contributed by atoms with van der Waals surface area (Å²) in [7, 11) is 35.6. The molecule has 0 heterocycles. The first-order valence-electron chi connectivity index (χ1n) is 4.17. The third kappa shape index (κ3) is 6.10. The molecule has 0 fully saturated rings. The first-order chi connectivity index (χ1) is 6.82. The fourth-order valence-corrected chi connectivity index (χ4v) is 12.1. The van der Waals surface area contributed by atoms with Crippen molar-refractivity contribution in [1.82, 2.24) is 0 Å². The van der Waals surface area contributed by atoms with Crippen molar-refractivity contribution in [3.8, 4) is 0 Å². The molecular formula is B12I3. The Balaban J connectivity index is 4.84. The number of rotatable bonds is 6. The van der Waals surface area contributed by atoms with Gasteiger partial charge in [0.2, 0.25) is 0 Å². The van der Waals surface area contributed by atoms with Crippen molar-refractivity contribution in [1.29, 1.82) is 0 Å². The van der Waals surface area contributed by atoms with E-state index in [-0.39, 0.29) is 17.1 Å². The van der Waals surface area contributed by atoms with E-state index in [9.17, 15) is 0 Å². The zero-order valence-corrected chi connectivity index (χ0v) is 14.5. The van der Waals surface area contributed by atoms with Gasteiger partial charge in [0.1, 0.15) is 0 Å². The molecule has 0 aliphatic rings. The van der Waals surface area contributed by atoms with Gasteiger partial charge in [-0.1, -0.05) is 0 Å². The molecule has 15 heteroatoms. The van der Waals surface area contributed by atoms with Crippen LogP contribution in [0.3, 0.4) is 0 Å². The van der Waals surface area contributed by atoms with E-state index in [1.807, 2.05) is 0 Å². The molecule has 0 spiro atoms. The van der Waals surface area contributed by atoms with Gasteiger partial charge in [-0.25, -0.2) is 0 Å². The van der Waals surface area contributed by atoms with Crippen LogP contribution in [-0.2, 0) is 0 Å². The van der Waals surface area contributed by atoms with E-state index in [0.29, 0.717) is 0 Å². The van der Waals surface area contributed by atoms with Crippen LogP contribution in [0.4, 0.5) is 0 Å². The summed E-state index contributed by atoms with van der Waals surface area (Å²) in [4.78, 5) is 0. The van der Waals surface area contributed by atoms with E-state index < -0.39 is 24.4 Å². The fourth-order valence-electron chi connectivity index (χ4n) is 1.26. The second-order valence-electron chi connectivity index (χ2n) is 3.17. The van der Waals surface area contributed by atoms with E-state index in [1.54, 1.807) is 0 Å². The summed E-state index contributed by atoms with van der Waals surface area (Å²) in [5.41, 5.74) is 0. The van der Waals surface area contributed by atoms with Crippen LogP contribution < -0.4 is 0 Å². The molecule has 0 aromatic carbocycles. The van der Waals surface area contributed by atoms with Gasteiger partial charge in [-0.15, -0.1) is 0 Å². The minimum absolute atomic E-state index is 0.111. The molecule has 0 bridgehead atoms. The summed E-state index contributed by atoms with van der Waals surface area (Å²) in [6.45, 7) is 0. The Morgan fingerprint density at radius 2 is 1.33 bits per heavy atom. The van der Waals surface area contributed by atoms with Crippen molar-refractivity contribution in [3.63, 3.8) is 0 Å². The Kier molecular flexibility index (Phi) is 10.7. The van der Waals surface area contributed by atoms with Crippen molar-refractivity contribution < 1.29 is 0 Å². The van der Waals surface area contributed by atoms with Gasteiger partial charge in [-0.2, -0.15) is 0 Å². The molecule has 0 aromatic heterocycles. The third-order valence-corrected chi connectivity index (χ3v) is 12.1. The molecule has 13 radical (unpaired) electrons. The van der Waals surface area contributed by atoms with Crippen LogP contribution in [0.25, 0.3) is 0 Å². The predicted molar refractivity (Wildman–Crippen MR) is 111 cm³/mol. The molecule has 0 aromatic rings. The SMILES string of the molecule is [B][B]B([B])B(B(B([B])[B])B([B])[B])I(I)I. The maximum absolute atomic E-state index is 5.92. The molecule has 0 amide bonds. The van der Waals surface area contributed by atoms with Gasteiger partial charge in [0.15, 0.2) is 0 Å². The van der Waals surface area contributed by atoms with Crippen LogP contribution in [0.15, 0.2) is 0 Å². The maximum atomic E-state index is 5.92. The van der Waals surface area contributed by atoms with Crippen LogP contribution >= 0.6 is 48.9 Å². The summed E-state index contributed by atoms with van der Waals surface area (Å²) >= 11 is 3.46. The Morgan fingerprint density at radius 1 is 0.933 bits per heavy atom. The van der Waals surface area contributed by atoms with Crippen molar-refractivity contribution in [2.24, 2.45) is 0 Å². The number of hydrogen-bond acceptors (Lipinski definition) is 0. The van der Waals surface area contributed by atoms with Crippen molar-refractivity contribution in [2.75, 3.05) is 0 Å². The first-order valence-corrected chi connectivity index (χ1v) is 18.0. The molecule has 0 nitrogen and oxygen atoms in total. The van der Waals surface area contributed by atoms with E-state index in [4.69, 9.17) is 46.4 Å². The van der Waals surface area contributed by atoms with Crippen molar-refractivity contribution in [2.45, 2.75) is 0 Å². The summed E-state index contributed by atoms with van der Waals surface area (Å²) in [6.07, 6.45) is -1.58. The van der Waals surface area contributed by atoms with Gasteiger partial charge in [0.05, 0.1) is 0 Å². The topological polar surface area (TPSA) is 0 Å². The van der Waals surface area contributed by atoms with E-state index in [1.165, 1.54) is 7.06 Å². The quantitative estimate of drug-likeness (QED) is 0.289. The molecule has 0 aliphatic heterocycles. The molecule has 0 saturated heterocycles. The summed E-state index contributed by atoms with van der Waals surface area (Å²) in [6, 6.07) is 0. The first kappa shape index (κ1) is 18.0. The van der Waals surface area contributed by atoms with Crippen LogP contribution in [0.2, 0.25) is 0 Å². The number of halogens is 3. The molecule has 0 aliphatic carbocycles. The Bertz CT molecular complexity index is 158. The van der Waals surface area contributed by atoms with E-state index in [0.717, 1.165) is 0 Å². The van der Waals surface area contributed by atoms with Gasteiger partial charge >= 0.3 is 132 Å². The van der Waals surface area contributed by atoms with Gasteiger partial charge in [-0.05, 0) is 0 Å². The minimum atomic E-state index is -1.32. The number of hydrogen-bond donors (Lipinski definition) is 0. The Hall–Kier alpha value is 2.97. The molecule has 0 saturated carbocycles. The van der Waals surface area contributed by atoms with Gasteiger partial charge < -0.3 is 0 Å². The molecule has 57 valence electrons. The Labute approximate surface area is 130 Å². The van der Waals surface area contributed by atoms with Gasteiger partial charge in [0.25, 0.3) is 0 Å². The standard InChI is InChI=1S/B12I3/c1-7-10(6)12(15(13)14)11(8(2)3)9(4)5. The molecule has 0 unspecified atom stereocenters. The molecule has 15 heavy (non-hydrogen) atoms. The summed E-state index contributed by atoms with van der Waals surface area (Å²) in [5, 5.41) is 0. The third-order valence-electron chi connectivity index (χ3n) is 2.04. The van der Waals surface area contributed by atoms with Crippen LogP contribution in [0.1, 0.15) is 0 Å². The van der Waals surface area contributed by atoms with Crippen LogP contribution in [0.5, 0.6) is 0 Å². The average Bonchev–Trinajstić information content (AvgIpc) is 2.10. The summed E-state index contributed by atoms with van der Waals surface area (Å²) < 4.78 is 0.111. The van der Waals surface area contributed by atoms with Gasteiger partial charge in [0, 0.05) is 0 Å². The molecule has 0 atom stereocenters. The van der Waals surface area contributed by atoms with Crippen LogP contribution in [-0.4, -0.2) is 83.4 Å². The monoisotopic (exact) mass is 513 g/mol. The summed E-state index contributed by atoms with van der Waals surface area (Å²) in [5.74, 6) is 0. The zero-order valence-electron chi connectivity index (χ0n) is 8.06. The second kappa shape index (κ2) is 8.97. The fraction of sp³-hybridized carbons (Fsp3) is 0. The average molecular weight is 510 g/mol. The van der Waals surface area contributed by atoms with E-state index in [2.05, 4.69) is 37.2 Å². The zero-order chi connectivity index (χ0) is 12.2. The Morgan fingerprint density at radius 3 is 1.53 bits per heavy atom.